The summed E-state index contributed by atoms with van der Waals surface area (Å²) in [7, 11) is 0. The van der Waals surface area contributed by atoms with Gasteiger partial charge >= 0.3 is 0 Å². The predicted octanol–water partition coefficient (Wildman–Crippen LogP) is 4.35. The van der Waals surface area contributed by atoms with Crippen molar-refractivity contribution in [3.05, 3.63) is 70.5 Å². The Balaban J connectivity index is 1.58. The molecule has 4 rings (SSSR count). The van der Waals surface area contributed by atoms with Crippen LogP contribution < -0.4 is 10.9 Å². The van der Waals surface area contributed by atoms with E-state index in [-0.39, 0.29) is 22.8 Å². The number of benzene rings is 2. The third-order valence-electron chi connectivity index (χ3n) is 4.85. The molecule has 0 saturated carbocycles. The zero-order chi connectivity index (χ0) is 20.9. The maximum Gasteiger partial charge on any atom is 0.297 e. The fourth-order valence-corrected chi connectivity index (χ4v) is 4.10. The topological polar surface area (TPSA) is 77.1 Å². The van der Waals surface area contributed by atoms with Gasteiger partial charge in [0.2, 0.25) is 11.5 Å². The van der Waals surface area contributed by atoms with Gasteiger partial charge in [-0.2, -0.15) is 0 Å². The van der Waals surface area contributed by atoms with Crippen molar-refractivity contribution >= 4 is 39.7 Å². The van der Waals surface area contributed by atoms with Crippen molar-refractivity contribution in [1.29, 1.82) is 0 Å². The summed E-state index contributed by atoms with van der Waals surface area (Å²) in [5, 5.41) is 4.27. The van der Waals surface area contributed by atoms with Crippen LogP contribution in [-0.2, 0) is 17.9 Å². The lowest BCUT2D eigenvalue weighted by Gasteiger charge is -2.11. The van der Waals surface area contributed by atoms with Crippen LogP contribution in [0.2, 0.25) is 0 Å². The molecule has 6 nitrogen and oxygen atoms in total. The van der Waals surface area contributed by atoms with Crippen molar-refractivity contribution in [3.8, 4) is 0 Å². The highest BCUT2D eigenvalue weighted by Crippen LogP contribution is 2.27. The zero-order valence-electron chi connectivity index (χ0n) is 16.8. The highest BCUT2D eigenvalue weighted by atomic mass is 32.2. The molecule has 0 aliphatic carbocycles. The summed E-state index contributed by atoms with van der Waals surface area (Å²) < 4.78 is 7.42. The summed E-state index contributed by atoms with van der Waals surface area (Å²) in [6.07, 6.45) is 1.80. The molecule has 0 atom stereocenters. The van der Waals surface area contributed by atoms with Crippen LogP contribution in [0.3, 0.4) is 0 Å². The Bertz CT molecular complexity index is 1230. The Morgan fingerprint density at radius 2 is 1.90 bits per heavy atom. The number of amides is 1. The molecule has 0 bridgehead atoms. The zero-order valence-corrected chi connectivity index (χ0v) is 17.6. The SMILES string of the molecule is CCCCn1c(SCC(=O)NCc2ccccc2)nc2c(oc3ccccc32)c1=O. The normalized spacial score (nSPS) is 11.2. The third kappa shape index (κ3) is 4.26. The monoisotopic (exact) mass is 421 g/mol. The summed E-state index contributed by atoms with van der Waals surface area (Å²) in [5.41, 5.74) is 2.31. The molecule has 30 heavy (non-hydrogen) atoms. The highest BCUT2D eigenvalue weighted by molar-refractivity contribution is 7.99. The molecule has 4 aromatic rings. The number of hydrogen-bond acceptors (Lipinski definition) is 5. The van der Waals surface area contributed by atoms with Crippen molar-refractivity contribution in [3.63, 3.8) is 0 Å². The molecule has 0 aliphatic rings. The van der Waals surface area contributed by atoms with Crippen LogP contribution in [-0.4, -0.2) is 21.2 Å². The van der Waals surface area contributed by atoms with Crippen LogP contribution in [0.15, 0.2) is 69.0 Å². The molecule has 0 radical (unpaired) electrons. The van der Waals surface area contributed by atoms with E-state index in [0.29, 0.717) is 29.3 Å². The molecule has 0 unspecified atom stereocenters. The first kappa shape index (κ1) is 20.2. The van der Waals surface area contributed by atoms with Gasteiger partial charge in [0.05, 0.1) is 5.75 Å². The number of carbonyl (C=O) groups excluding carboxylic acids is 1. The molecule has 7 heteroatoms. The third-order valence-corrected chi connectivity index (χ3v) is 5.82. The van der Waals surface area contributed by atoms with E-state index in [9.17, 15) is 9.59 Å². The van der Waals surface area contributed by atoms with Gasteiger partial charge in [0, 0.05) is 18.5 Å². The molecule has 2 heterocycles. The number of fused-ring (bicyclic) bond motifs is 3. The van der Waals surface area contributed by atoms with Crippen molar-refractivity contribution in [2.45, 2.75) is 38.0 Å². The minimum absolute atomic E-state index is 0.0997. The lowest BCUT2D eigenvalue weighted by Crippen LogP contribution is -2.26. The lowest BCUT2D eigenvalue weighted by molar-refractivity contribution is -0.118. The van der Waals surface area contributed by atoms with Gasteiger partial charge in [-0.15, -0.1) is 0 Å². The average Bonchev–Trinajstić information content (AvgIpc) is 3.15. The number of rotatable bonds is 8. The second-order valence-corrected chi connectivity index (χ2v) is 7.97. The Kier molecular flexibility index (Phi) is 6.18. The molecule has 2 aromatic carbocycles. The maximum absolute atomic E-state index is 13.1. The van der Waals surface area contributed by atoms with E-state index >= 15 is 0 Å². The number of unbranched alkanes of at least 4 members (excludes halogenated alkanes) is 1. The molecule has 0 aliphatic heterocycles. The van der Waals surface area contributed by atoms with Crippen LogP contribution in [0.1, 0.15) is 25.3 Å². The van der Waals surface area contributed by atoms with E-state index in [4.69, 9.17) is 9.40 Å². The minimum Gasteiger partial charge on any atom is -0.448 e. The summed E-state index contributed by atoms with van der Waals surface area (Å²) in [6, 6.07) is 17.2. The van der Waals surface area contributed by atoms with E-state index in [2.05, 4.69) is 12.2 Å². The fraction of sp³-hybridized carbons (Fsp3) is 0.261. The van der Waals surface area contributed by atoms with Crippen LogP contribution in [0.4, 0.5) is 0 Å². The minimum atomic E-state index is -0.197. The second kappa shape index (κ2) is 9.17. The van der Waals surface area contributed by atoms with Crippen molar-refractivity contribution in [2.24, 2.45) is 0 Å². The molecule has 154 valence electrons. The number of para-hydroxylation sites is 1. The standard InChI is InChI=1S/C23H23N3O3S/c1-2-3-13-26-22(28)21-20(17-11-7-8-12-18(17)29-21)25-23(26)30-15-19(27)24-14-16-9-5-4-6-10-16/h4-12H,2-3,13-15H2,1H3,(H,24,27). The van der Waals surface area contributed by atoms with Crippen molar-refractivity contribution < 1.29 is 9.21 Å². The van der Waals surface area contributed by atoms with Gasteiger partial charge in [-0.05, 0) is 24.1 Å². The highest BCUT2D eigenvalue weighted by Gasteiger charge is 2.18. The van der Waals surface area contributed by atoms with E-state index in [1.54, 1.807) is 4.57 Å². The molecule has 2 aromatic heterocycles. The molecule has 1 N–H and O–H groups in total. The number of furan rings is 1. The van der Waals surface area contributed by atoms with Crippen LogP contribution >= 0.6 is 11.8 Å². The first-order valence-corrected chi connectivity index (χ1v) is 11.0. The Morgan fingerprint density at radius 3 is 2.70 bits per heavy atom. The Morgan fingerprint density at radius 1 is 1.13 bits per heavy atom. The summed E-state index contributed by atoms with van der Waals surface area (Å²) in [6.45, 7) is 3.09. The molecular formula is C23H23N3O3S. The number of hydrogen-bond donors (Lipinski definition) is 1. The van der Waals surface area contributed by atoms with Crippen molar-refractivity contribution in [2.75, 3.05) is 5.75 Å². The predicted molar refractivity (Wildman–Crippen MR) is 120 cm³/mol. The van der Waals surface area contributed by atoms with Gasteiger partial charge in [0.1, 0.15) is 11.1 Å². The van der Waals surface area contributed by atoms with Gasteiger partial charge in [0.15, 0.2) is 5.16 Å². The molecular weight excluding hydrogens is 398 g/mol. The second-order valence-electron chi connectivity index (χ2n) is 7.03. The number of nitrogens with zero attached hydrogens (tertiary/aromatic N) is 2. The van der Waals surface area contributed by atoms with Crippen LogP contribution in [0.25, 0.3) is 22.1 Å². The smallest absolute Gasteiger partial charge is 0.297 e. The van der Waals surface area contributed by atoms with Gasteiger partial charge in [-0.1, -0.05) is 67.6 Å². The van der Waals surface area contributed by atoms with E-state index in [1.165, 1.54) is 11.8 Å². The van der Waals surface area contributed by atoms with E-state index < -0.39 is 0 Å². The summed E-state index contributed by atoms with van der Waals surface area (Å²) in [4.78, 5) is 30.2. The molecule has 0 spiro atoms. The number of carbonyl (C=O) groups is 1. The fourth-order valence-electron chi connectivity index (χ4n) is 3.25. The average molecular weight is 422 g/mol. The lowest BCUT2D eigenvalue weighted by atomic mass is 10.2. The van der Waals surface area contributed by atoms with Gasteiger partial charge in [-0.3, -0.25) is 14.2 Å². The largest absolute Gasteiger partial charge is 0.448 e. The van der Waals surface area contributed by atoms with Gasteiger partial charge < -0.3 is 9.73 Å². The van der Waals surface area contributed by atoms with Crippen molar-refractivity contribution in [1.82, 2.24) is 14.9 Å². The van der Waals surface area contributed by atoms with E-state index in [1.807, 2.05) is 54.6 Å². The number of nitrogens with one attached hydrogen (secondary N) is 1. The van der Waals surface area contributed by atoms with E-state index in [0.717, 1.165) is 23.8 Å². The van der Waals surface area contributed by atoms with Crippen LogP contribution in [0, 0.1) is 0 Å². The number of aromatic nitrogens is 2. The Labute approximate surface area is 178 Å². The summed E-state index contributed by atoms with van der Waals surface area (Å²) in [5.74, 6) is 0.0875. The first-order chi connectivity index (χ1) is 14.7. The Hall–Kier alpha value is -3.06. The number of thioether (sulfide) groups is 1. The first-order valence-electron chi connectivity index (χ1n) is 10.0. The van der Waals surface area contributed by atoms with Crippen LogP contribution in [0.5, 0.6) is 0 Å². The van der Waals surface area contributed by atoms with Gasteiger partial charge in [-0.25, -0.2) is 4.98 Å². The molecule has 0 fully saturated rings. The maximum atomic E-state index is 13.1. The summed E-state index contributed by atoms with van der Waals surface area (Å²) >= 11 is 1.28. The molecule has 1 amide bonds. The molecule has 0 saturated heterocycles. The quantitative estimate of drug-likeness (QED) is 0.338. The van der Waals surface area contributed by atoms with Gasteiger partial charge in [0.25, 0.3) is 5.56 Å².